The molecule has 3 nitrogen and oxygen atoms in total. The van der Waals surface area contributed by atoms with Crippen LogP contribution in [0.15, 0.2) is 85.1 Å². The van der Waals surface area contributed by atoms with Crippen LogP contribution in [0.3, 0.4) is 0 Å². The van der Waals surface area contributed by atoms with Crippen molar-refractivity contribution in [3.05, 3.63) is 97.2 Å². The van der Waals surface area contributed by atoms with Crippen LogP contribution in [0.2, 0.25) is 0 Å². The summed E-state index contributed by atoms with van der Waals surface area (Å²) in [6, 6.07) is 32.9. The van der Waals surface area contributed by atoms with E-state index in [4.69, 9.17) is 4.98 Å². The molecule has 0 saturated heterocycles. The molecule has 0 amide bonds. The molecular weight excluding hydrogens is 525 g/mol. The smallest absolute Gasteiger partial charge is 0.305 e. The zero-order chi connectivity index (χ0) is 18.7. The first-order valence-electron chi connectivity index (χ1n) is 8.87. The molecule has 140 valence electrons. The molecule has 0 radical (unpaired) electrons. The second-order valence-corrected chi connectivity index (χ2v) is 6.78. The molecule has 0 saturated carbocycles. The number of aromatic nitrogens is 2. The van der Waals surface area contributed by atoms with Crippen molar-refractivity contribution in [2.45, 2.75) is 0 Å². The molecule has 0 N–H and O–H groups in total. The molecule has 4 aromatic rings. The van der Waals surface area contributed by atoms with E-state index < -0.39 is 0 Å². The van der Waals surface area contributed by atoms with Gasteiger partial charge in [0.25, 0.3) is 0 Å². The van der Waals surface area contributed by atoms with Crippen molar-refractivity contribution in [2.24, 2.45) is 0 Å². The molecule has 0 spiro atoms. The maximum Gasteiger partial charge on any atom is 2.00 e. The van der Waals surface area contributed by atoms with Gasteiger partial charge in [-0.2, -0.15) is 0 Å². The maximum atomic E-state index is 4.90. The van der Waals surface area contributed by atoms with Crippen LogP contribution in [-0.4, -0.2) is 24.1 Å². The Hall–Kier alpha value is -2.61. The Labute approximate surface area is 180 Å². The van der Waals surface area contributed by atoms with Gasteiger partial charge in [-0.1, -0.05) is 36.4 Å². The molecule has 0 bridgehead atoms. The van der Waals surface area contributed by atoms with Gasteiger partial charge in [0.2, 0.25) is 5.82 Å². The molecule has 0 fully saturated rings. The molecule has 2 aromatic heterocycles. The van der Waals surface area contributed by atoms with E-state index in [9.17, 15) is 0 Å². The van der Waals surface area contributed by atoms with Crippen LogP contribution in [-0.2, 0) is 21.1 Å². The fourth-order valence-corrected chi connectivity index (χ4v) is 3.02. The molecule has 0 atom stereocenters. The van der Waals surface area contributed by atoms with E-state index in [1.807, 2.05) is 72.8 Å². The Bertz CT molecular complexity index is 962. The van der Waals surface area contributed by atoms with Crippen molar-refractivity contribution in [3.63, 3.8) is 0 Å². The molecule has 28 heavy (non-hydrogen) atoms. The Morgan fingerprint density at radius 2 is 1.50 bits per heavy atom. The van der Waals surface area contributed by atoms with Crippen LogP contribution in [0.25, 0.3) is 22.5 Å². The van der Waals surface area contributed by atoms with E-state index in [1.54, 1.807) is 6.20 Å². The topological polar surface area (TPSA) is 25.8 Å². The summed E-state index contributed by atoms with van der Waals surface area (Å²) in [7, 11) is 4.24. The number of pyridine rings is 2. The van der Waals surface area contributed by atoms with Gasteiger partial charge in [-0.25, -0.2) is 4.98 Å². The van der Waals surface area contributed by atoms with Crippen LogP contribution in [0.4, 0.5) is 11.5 Å². The average Bonchev–Trinajstić information content (AvgIpc) is 2.75. The summed E-state index contributed by atoms with van der Waals surface area (Å²) in [5.74, 6) is 0.944. The van der Waals surface area contributed by atoms with Gasteiger partial charge in [-0.15, -0.1) is 53.6 Å². The Kier molecular flexibility index (Phi) is 6.18. The van der Waals surface area contributed by atoms with Gasteiger partial charge in [-0.3, -0.25) is 4.48 Å². The number of quaternary nitrogens is 1. The first-order chi connectivity index (χ1) is 13.1. The molecule has 0 unspecified atom stereocenters. The SMILES string of the molecule is C[N+](C)(c1[c-]c(-c2ccccn2)ccc1)c1cccc(-c2[c-]cccc2)n1.[Pt+2]. The monoisotopic (exact) mass is 545 g/mol. The number of benzene rings is 2. The predicted octanol–water partition coefficient (Wildman–Crippen LogP) is 5.31. The van der Waals surface area contributed by atoms with E-state index in [2.05, 4.69) is 37.3 Å². The fourth-order valence-electron chi connectivity index (χ4n) is 3.02. The van der Waals surface area contributed by atoms with Crippen LogP contribution < -0.4 is 4.48 Å². The van der Waals surface area contributed by atoms with Gasteiger partial charge in [0.15, 0.2) is 0 Å². The van der Waals surface area contributed by atoms with Crippen molar-refractivity contribution >= 4 is 11.5 Å². The standard InChI is InChI=1S/C24H20N3.Pt/c1-27(2,21-13-8-12-20(18-21)22-14-6-7-17-25-22)24-16-9-15-23(26-24)19-10-4-3-5-11-19;/h3-10,12-17H,1-2H3;/q-1;+2. The fraction of sp³-hybridized carbons (Fsp3) is 0.0833. The zero-order valence-electron chi connectivity index (χ0n) is 15.7. The van der Waals surface area contributed by atoms with Crippen molar-refractivity contribution in [3.8, 4) is 22.5 Å². The summed E-state index contributed by atoms with van der Waals surface area (Å²) in [6.07, 6.45) is 1.80. The third-order valence-corrected chi connectivity index (χ3v) is 4.61. The summed E-state index contributed by atoms with van der Waals surface area (Å²) < 4.78 is 0.487. The summed E-state index contributed by atoms with van der Waals surface area (Å²) in [5.41, 5.74) is 4.83. The molecular formula is C24H20N3Pt+. The minimum Gasteiger partial charge on any atom is -0.305 e. The predicted molar refractivity (Wildman–Crippen MR) is 110 cm³/mol. The summed E-state index contributed by atoms with van der Waals surface area (Å²) in [5, 5.41) is 0. The molecule has 0 aliphatic heterocycles. The first kappa shape index (κ1) is 20.1. The second-order valence-electron chi connectivity index (χ2n) is 6.78. The third-order valence-electron chi connectivity index (χ3n) is 4.61. The molecule has 2 aromatic carbocycles. The van der Waals surface area contributed by atoms with Crippen molar-refractivity contribution in [1.82, 2.24) is 14.5 Å². The molecule has 4 heteroatoms. The van der Waals surface area contributed by atoms with Crippen LogP contribution in [0.1, 0.15) is 0 Å². The maximum absolute atomic E-state index is 4.90. The van der Waals surface area contributed by atoms with E-state index in [0.717, 1.165) is 34.0 Å². The van der Waals surface area contributed by atoms with Crippen LogP contribution in [0, 0.1) is 12.1 Å². The van der Waals surface area contributed by atoms with E-state index in [1.165, 1.54) is 0 Å². The first-order valence-corrected chi connectivity index (χ1v) is 8.87. The molecule has 0 aliphatic rings. The number of hydrogen-bond acceptors (Lipinski definition) is 2. The summed E-state index contributed by atoms with van der Waals surface area (Å²) in [4.78, 5) is 9.34. The largest absolute Gasteiger partial charge is 2.00 e. The molecule has 0 aliphatic carbocycles. The Morgan fingerprint density at radius 1 is 0.750 bits per heavy atom. The minimum absolute atomic E-state index is 0. The van der Waals surface area contributed by atoms with E-state index in [-0.39, 0.29) is 21.1 Å². The van der Waals surface area contributed by atoms with Crippen LogP contribution in [0.5, 0.6) is 0 Å². The van der Waals surface area contributed by atoms with Crippen LogP contribution >= 0.6 is 0 Å². The van der Waals surface area contributed by atoms with Gasteiger partial charge in [0.05, 0.1) is 19.8 Å². The quantitative estimate of drug-likeness (QED) is 0.257. The average molecular weight is 546 g/mol. The van der Waals surface area contributed by atoms with Gasteiger partial charge in [0, 0.05) is 12.3 Å². The van der Waals surface area contributed by atoms with Gasteiger partial charge >= 0.3 is 21.1 Å². The Balaban J connectivity index is 0.00000225. The van der Waals surface area contributed by atoms with E-state index in [0.29, 0.717) is 4.48 Å². The van der Waals surface area contributed by atoms with Gasteiger partial charge in [-0.05, 0) is 17.5 Å². The minimum atomic E-state index is 0. The van der Waals surface area contributed by atoms with Crippen molar-refractivity contribution in [1.29, 1.82) is 0 Å². The van der Waals surface area contributed by atoms with Crippen molar-refractivity contribution < 1.29 is 21.1 Å². The summed E-state index contributed by atoms with van der Waals surface area (Å²) in [6.45, 7) is 0. The normalized spacial score (nSPS) is 10.9. The number of rotatable bonds is 4. The van der Waals surface area contributed by atoms with Gasteiger partial charge < -0.3 is 4.98 Å². The zero-order valence-corrected chi connectivity index (χ0v) is 18.0. The molecule has 4 rings (SSSR count). The third kappa shape index (κ3) is 4.11. The van der Waals surface area contributed by atoms with E-state index >= 15 is 0 Å². The Morgan fingerprint density at radius 3 is 2.25 bits per heavy atom. The number of nitrogens with zero attached hydrogens (tertiary/aromatic N) is 3. The molecule has 2 heterocycles. The number of hydrogen-bond donors (Lipinski definition) is 0. The second kappa shape index (κ2) is 8.60. The van der Waals surface area contributed by atoms with Crippen molar-refractivity contribution in [2.75, 3.05) is 14.1 Å². The van der Waals surface area contributed by atoms with Gasteiger partial charge in [0.1, 0.15) is 0 Å². The summed E-state index contributed by atoms with van der Waals surface area (Å²) >= 11 is 0.